The number of amides is 2. The molecule has 0 saturated carbocycles. The Morgan fingerprint density at radius 3 is 2.57 bits per heavy atom. The average Bonchev–Trinajstić information content (AvgIpc) is 3.43. The van der Waals surface area contributed by atoms with Gasteiger partial charge in [0, 0.05) is 12.0 Å². The fourth-order valence-electron chi connectivity index (χ4n) is 2.96. The molecule has 0 atom stereocenters. The minimum Gasteiger partial charge on any atom is -0.493 e. The van der Waals surface area contributed by atoms with Crippen molar-refractivity contribution in [2.45, 2.75) is 10.6 Å². The number of fused-ring (bicyclic) bond motifs is 1. The third-order valence-corrected chi connectivity index (χ3v) is 7.18. The highest BCUT2D eigenvalue weighted by Gasteiger charge is 2.20. The van der Waals surface area contributed by atoms with Crippen molar-refractivity contribution in [1.29, 1.82) is 0 Å². The fraction of sp³-hybridized carbons (Fsp3) is 0.100. The summed E-state index contributed by atoms with van der Waals surface area (Å²) in [4.78, 5) is 25.0. The molecule has 1 aliphatic heterocycles. The Morgan fingerprint density at radius 2 is 1.77 bits per heavy atom. The molecule has 0 fully saturated rings. The van der Waals surface area contributed by atoms with Crippen LogP contribution in [0.2, 0.25) is 0 Å². The second-order valence-electron chi connectivity index (χ2n) is 6.41. The van der Waals surface area contributed by atoms with E-state index in [9.17, 15) is 18.0 Å². The number of rotatable bonds is 5. The van der Waals surface area contributed by atoms with Gasteiger partial charge in [0.1, 0.15) is 9.96 Å². The largest absolute Gasteiger partial charge is 0.493 e. The van der Waals surface area contributed by atoms with E-state index in [2.05, 4.69) is 15.6 Å². The standard InChI is InChI=1S/C20H17N3O5S2/c24-19(14-7-8-17-13(12-14)9-10-28-17)21-22-20(25)15-4-1-2-5-16(15)23-30(26,27)18-6-3-11-29-18/h1-8,11-12,23H,9-10H2,(H,21,24)(H,22,25). The van der Waals surface area contributed by atoms with Gasteiger partial charge in [-0.05, 0) is 47.3 Å². The maximum Gasteiger partial charge on any atom is 0.271 e. The van der Waals surface area contributed by atoms with Crippen molar-refractivity contribution < 1.29 is 22.7 Å². The van der Waals surface area contributed by atoms with E-state index in [-0.39, 0.29) is 15.5 Å². The highest BCUT2D eigenvalue weighted by molar-refractivity contribution is 7.94. The number of thiophene rings is 1. The van der Waals surface area contributed by atoms with Gasteiger partial charge in [0.25, 0.3) is 21.8 Å². The lowest BCUT2D eigenvalue weighted by atomic mass is 10.1. The first-order valence-corrected chi connectivity index (χ1v) is 11.3. The van der Waals surface area contributed by atoms with Gasteiger partial charge in [-0.3, -0.25) is 25.2 Å². The second kappa shape index (κ2) is 8.17. The Balaban J connectivity index is 1.46. The van der Waals surface area contributed by atoms with E-state index < -0.39 is 21.8 Å². The summed E-state index contributed by atoms with van der Waals surface area (Å²) in [5.41, 5.74) is 6.16. The predicted molar refractivity (Wildman–Crippen MR) is 112 cm³/mol. The van der Waals surface area contributed by atoms with Crippen LogP contribution in [0.15, 0.2) is 64.2 Å². The van der Waals surface area contributed by atoms with E-state index in [4.69, 9.17) is 4.74 Å². The van der Waals surface area contributed by atoms with Gasteiger partial charge in [-0.1, -0.05) is 18.2 Å². The van der Waals surface area contributed by atoms with Crippen LogP contribution in [-0.4, -0.2) is 26.8 Å². The zero-order chi connectivity index (χ0) is 21.1. The van der Waals surface area contributed by atoms with Crippen molar-refractivity contribution >= 4 is 38.9 Å². The molecule has 2 aromatic carbocycles. The molecule has 1 aromatic heterocycles. The number of sulfonamides is 1. The summed E-state index contributed by atoms with van der Waals surface area (Å²) in [7, 11) is -3.82. The Bertz CT molecular complexity index is 1210. The number of anilines is 1. The molecule has 0 saturated heterocycles. The summed E-state index contributed by atoms with van der Waals surface area (Å²) < 4.78 is 32.9. The molecule has 0 unspecified atom stereocenters. The molecule has 154 valence electrons. The van der Waals surface area contributed by atoms with Gasteiger partial charge in [-0.25, -0.2) is 8.42 Å². The molecular formula is C20H17N3O5S2. The lowest BCUT2D eigenvalue weighted by Crippen LogP contribution is -2.41. The number of ether oxygens (including phenoxy) is 1. The van der Waals surface area contributed by atoms with Crippen LogP contribution in [-0.2, 0) is 16.4 Å². The van der Waals surface area contributed by atoms with Crippen LogP contribution in [0, 0.1) is 0 Å². The highest BCUT2D eigenvalue weighted by Crippen LogP contribution is 2.26. The molecule has 1 aliphatic rings. The van der Waals surface area contributed by atoms with Crippen LogP contribution < -0.4 is 20.3 Å². The molecule has 4 rings (SSSR count). The average molecular weight is 444 g/mol. The number of hydrogen-bond donors (Lipinski definition) is 3. The second-order valence-corrected chi connectivity index (χ2v) is 9.27. The summed E-state index contributed by atoms with van der Waals surface area (Å²) in [6.07, 6.45) is 0.723. The van der Waals surface area contributed by atoms with Crippen LogP contribution in [0.25, 0.3) is 0 Å². The van der Waals surface area contributed by atoms with E-state index in [1.54, 1.807) is 41.8 Å². The van der Waals surface area contributed by atoms with Crippen LogP contribution in [0.4, 0.5) is 5.69 Å². The van der Waals surface area contributed by atoms with Gasteiger partial charge in [-0.15, -0.1) is 11.3 Å². The number of benzene rings is 2. The van der Waals surface area contributed by atoms with Crippen molar-refractivity contribution in [1.82, 2.24) is 10.9 Å². The molecule has 2 heterocycles. The number of nitrogens with one attached hydrogen (secondary N) is 3. The van der Waals surface area contributed by atoms with Crippen molar-refractivity contribution in [3.05, 3.63) is 76.7 Å². The topological polar surface area (TPSA) is 114 Å². The molecule has 10 heteroatoms. The normalized spacial score (nSPS) is 12.5. The lowest BCUT2D eigenvalue weighted by molar-refractivity contribution is 0.0847. The molecule has 8 nitrogen and oxygen atoms in total. The highest BCUT2D eigenvalue weighted by atomic mass is 32.2. The van der Waals surface area contributed by atoms with Gasteiger partial charge in [0.05, 0.1) is 17.9 Å². The zero-order valence-corrected chi connectivity index (χ0v) is 17.2. The maximum absolute atomic E-state index is 12.6. The quantitative estimate of drug-likeness (QED) is 0.525. The number of hydrogen-bond acceptors (Lipinski definition) is 6. The van der Waals surface area contributed by atoms with Crippen molar-refractivity contribution in [3.8, 4) is 5.75 Å². The molecule has 0 bridgehead atoms. The molecule has 0 spiro atoms. The molecule has 3 N–H and O–H groups in total. The molecule has 0 radical (unpaired) electrons. The number of carbonyl (C=O) groups excluding carboxylic acids is 2. The fourth-order valence-corrected chi connectivity index (χ4v) is 5.04. The van der Waals surface area contributed by atoms with E-state index in [1.165, 1.54) is 18.2 Å². The van der Waals surface area contributed by atoms with Crippen molar-refractivity contribution in [2.24, 2.45) is 0 Å². The minimum atomic E-state index is -3.82. The van der Waals surface area contributed by atoms with Crippen molar-refractivity contribution in [2.75, 3.05) is 11.3 Å². The van der Waals surface area contributed by atoms with Crippen LogP contribution in [0.1, 0.15) is 26.3 Å². The van der Waals surface area contributed by atoms with Gasteiger partial charge in [-0.2, -0.15) is 0 Å². The summed E-state index contributed by atoms with van der Waals surface area (Å²) in [6.45, 7) is 0.579. The van der Waals surface area contributed by atoms with Crippen LogP contribution in [0.3, 0.4) is 0 Å². The molecular weight excluding hydrogens is 426 g/mol. The lowest BCUT2D eigenvalue weighted by Gasteiger charge is -2.13. The maximum atomic E-state index is 12.6. The van der Waals surface area contributed by atoms with Crippen LogP contribution >= 0.6 is 11.3 Å². The summed E-state index contributed by atoms with van der Waals surface area (Å²) in [5.74, 6) is -0.394. The van der Waals surface area contributed by atoms with E-state index in [1.807, 2.05) is 0 Å². The third-order valence-electron chi connectivity index (χ3n) is 4.42. The first-order valence-electron chi connectivity index (χ1n) is 8.96. The predicted octanol–water partition coefficient (Wildman–Crippen LogP) is 2.56. The Kier molecular flexibility index (Phi) is 5.42. The minimum absolute atomic E-state index is 0.0697. The van der Waals surface area contributed by atoms with Crippen LogP contribution in [0.5, 0.6) is 5.75 Å². The SMILES string of the molecule is O=C(NNC(=O)c1ccccc1NS(=O)(=O)c1cccs1)c1ccc2c(c1)CCO2. The number of hydrazine groups is 1. The first kappa shape index (κ1) is 19.9. The summed E-state index contributed by atoms with van der Waals surface area (Å²) in [5, 5.41) is 1.65. The van der Waals surface area contributed by atoms with Gasteiger partial charge in [0.15, 0.2) is 0 Å². The van der Waals surface area contributed by atoms with E-state index in [0.29, 0.717) is 12.2 Å². The molecule has 2 amide bonds. The first-order chi connectivity index (χ1) is 14.4. The molecule has 0 aliphatic carbocycles. The molecule has 30 heavy (non-hydrogen) atoms. The van der Waals surface area contributed by atoms with Gasteiger partial charge >= 0.3 is 0 Å². The zero-order valence-electron chi connectivity index (χ0n) is 15.5. The van der Waals surface area contributed by atoms with Gasteiger partial charge in [0.2, 0.25) is 0 Å². The van der Waals surface area contributed by atoms with Gasteiger partial charge < -0.3 is 4.74 Å². The smallest absolute Gasteiger partial charge is 0.271 e. The van der Waals surface area contributed by atoms with E-state index >= 15 is 0 Å². The Morgan fingerprint density at radius 1 is 0.967 bits per heavy atom. The summed E-state index contributed by atoms with van der Waals surface area (Å²) in [6, 6.07) is 14.3. The number of para-hydroxylation sites is 1. The summed E-state index contributed by atoms with van der Waals surface area (Å²) >= 11 is 1.07. The monoisotopic (exact) mass is 443 g/mol. The Hall–Kier alpha value is -3.37. The molecule has 3 aromatic rings. The van der Waals surface area contributed by atoms with Crippen molar-refractivity contribution in [3.63, 3.8) is 0 Å². The van der Waals surface area contributed by atoms with E-state index in [0.717, 1.165) is 29.1 Å². The Labute approximate surface area is 176 Å². The number of carbonyl (C=O) groups is 2. The third kappa shape index (κ3) is 4.14.